The smallest absolute Gasteiger partial charge is 0.229 e. The first-order chi connectivity index (χ1) is 13.2. The maximum atomic E-state index is 12.5. The number of hydrogen-bond donors (Lipinski definition) is 1. The number of carbonyl (C=O) groups excluding carboxylic acids is 1. The van der Waals surface area contributed by atoms with E-state index in [1.807, 2.05) is 54.6 Å². The Labute approximate surface area is 160 Å². The highest BCUT2D eigenvalue weighted by Gasteiger charge is 2.13. The molecule has 0 bridgehead atoms. The number of fused-ring (bicyclic) bond motifs is 1. The van der Waals surface area contributed by atoms with E-state index in [-0.39, 0.29) is 12.3 Å². The summed E-state index contributed by atoms with van der Waals surface area (Å²) < 4.78 is 0. The van der Waals surface area contributed by atoms with Crippen LogP contribution in [0.4, 0.5) is 5.00 Å². The zero-order valence-corrected chi connectivity index (χ0v) is 15.2. The Balaban J connectivity index is 1.53. The van der Waals surface area contributed by atoms with Crippen LogP contribution in [-0.4, -0.2) is 10.9 Å². The molecule has 0 unspecified atom stereocenters. The van der Waals surface area contributed by atoms with Crippen molar-refractivity contribution in [2.24, 2.45) is 0 Å². The Bertz CT molecular complexity index is 1160. The summed E-state index contributed by atoms with van der Waals surface area (Å²) >= 11 is 1.40. The van der Waals surface area contributed by atoms with Crippen LogP contribution >= 0.6 is 11.3 Å². The van der Waals surface area contributed by atoms with Gasteiger partial charge in [0, 0.05) is 17.3 Å². The lowest BCUT2D eigenvalue weighted by molar-refractivity contribution is -0.115. The molecule has 0 aliphatic rings. The second-order valence-corrected chi connectivity index (χ2v) is 7.16. The van der Waals surface area contributed by atoms with Crippen LogP contribution in [0.5, 0.6) is 0 Å². The molecular formula is C22H15N3OS. The number of amides is 1. The summed E-state index contributed by atoms with van der Waals surface area (Å²) in [6.07, 6.45) is 3.68. The van der Waals surface area contributed by atoms with Gasteiger partial charge in [0.2, 0.25) is 5.91 Å². The van der Waals surface area contributed by atoms with Crippen LogP contribution in [-0.2, 0) is 11.2 Å². The van der Waals surface area contributed by atoms with E-state index >= 15 is 0 Å². The average molecular weight is 369 g/mol. The van der Waals surface area contributed by atoms with E-state index in [0.29, 0.717) is 10.6 Å². The molecule has 0 saturated carbocycles. The van der Waals surface area contributed by atoms with Crippen molar-refractivity contribution in [1.82, 2.24) is 4.98 Å². The predicted molar refractivity (Wildman–Crippen MR) is 109 cm³/mol. The molecule has 5 heteroatoms. The molecule has 130 valence electrons. The van der Waals surface area contributed by atoms with Crippen LogP contribution in [0, 0.1) is 11.3 Å². The molecule has 0 saturated heterocycles. The third-order valence-electron chi connectivity index (χ3n) is 4.25. The summed E-state index contributed by atoms with van der Waals surface area (Å²) in [4.78, 5) is 17.4. The fourth-order valence-corrected chi connectivity index (χ4v) is 3.96. The first kappa shape index (κ1) is 17.0. The van der Waals surface area contributed by atoms with Gasteiger partial charge >= 0.3 is 0 Å². The first-order valence-electron chi connectivity index (χ1n) is 8.45. The molecule has 2 aromatic heterocycles. The number of rotatable bonds is 4. The Morgan fingerprint density at radius 3 is 2.59 bits per heavy atom. The molecule has 4 aromatic rings. The molecule has 4 nitrogen and oxygen atoms in total. The molecule has 1 amide bonds. The SMILES string of the molecule is N#Cc1cc(-c2ccncc2)sc1NC(=O)Cc1ccc2ccccc2c1. The summed E-state index contributed by atoms with van der Waals surface area (Å²) in [7, 11) is 0. The van der Waals surface area contributed by atoms with Crippen molar-refractivity contribution >= 4 is 33.0 Å². The minimum Gasteiger partial charge on any atom is -0.316 e. The summed E-state index contributed by atoms with van der Waals surface area (Å²) in [6.45, 7) is 0. The predicted octanol–water partition coefficient (Wildman–Crippen LogP) is 5.02. The van der Waals surface area contributed by atoms with Gasteiger partial charge in [0.05, 0.1) is 12.0 Å². The number of nitrogens with zero attached hydrogens (tertiary/aromatic N) is 2. The van der Waals surface area contributed by atoms with Gasteiger partial charge in [-0.25, -0.2) is 0 Å². The first-order valence-corrected chi connectivity index (χ1v) is 9.26. The lowest BCUT2D eigenvalue weighted by Gasteiger charge is -2.05. The van der Waals surface area contributed by atoms with Crippen molar-refractivity contribution in [3.8, 4) is 16.5 Å². The van der Waals surface area contributed by atoms with E-state index in [1.165, 1.54) is 11.3 Å². The molecule has 2 aromatic carbocycles. The Morgan fingerprint density at radius 2 is 1.81 bits per heavy atom. The summed E-state index contributed by atoms with van der Waals surface area (Å²) in [5, 5.41) is 15.1. The quantitative estimate of drug-likeness (QED) is 0.549. The van der Waals surface area contributed by atoms with Gasteiger partial charge in [-0.05, 0) is 40.1 Å². The minimum atomic E-state index is -0.134. The average Bonchev–Trinajstić information content (AvgIpc) is 3.11. The summed E-state index contributed by atoms with van der Waals surface area (Å²) in [5.41, 5.74) is 2.39. The zero-order valence-electron chi connectivity index (χ0n) is 14.3. The van der Waals surface area contributed by atoms with Crippen LogP contribution in [0.2, 0.25) is 0 Å². The zero-order chi connectivity index (χ0) is 18.6. The van der Waals surface area contributed by atoms with Crippen LogP contribution in [0.25, 0.3) is 21.2 Å². The lowest BCUT2D eigenvalue weighted by Crippen LogP contribution is -2.14. The number of nitriles is 1. The third kappa shape index (κ3) is 3.71. The van der Waals surface area contributed by atoms with E-state index in [4.69, 9.17) is 0 Å². The van der Waals surface area contributed by atoms with Crippen molar-refractivity contribution in [2.75, 3.05) is 5.32 Å². The number of anilines is 1. The Morgan fingerprint density at radius 1 is 1.04 bits per heavy atom. The second kappa shape index (κ2) is 7.40. The molecule has 0 spiro atoms. The molecule has 0 aliphatic carbocycles. The molecule has 27 heavy (non-hydrogen) atoms. The van der Waals surface area contributed by atoms with E-state index in [2.05, 4.69) is 16.4 Å². The molecule has 0 radical (unpaired) electrons. The van der Waals surface area contributed by atoms with Crippen LogP contribution < -0.4 is 5.32 Å². The van der Waals surface area contributed by atoms with E-state index in [9.17, 15) is 10.1 Å². The number of pyridine rings is 1. The van der Waals surface area contributed by atoms with Crippen LogP contribution in [0.15, 0.2) is 73.1 Å². The van der Waals surface area contributed by atoms with E-state index in [0.717, 1.165) is 26.8 Å². The number of carbonyl (C=O) groups is 1. The minimum absolute atomic E-state index is 0.134. The second-order valence-electron chi connectivity index (χ2n) is 6.11. The maximum absolute atomic E-state index is 12.5. The molecule has 0 atom stereocenters. The molecule has 0 fully saturated rings. The lowest BCUT2D eigenvalue weighted by atomic mass is 10.0. The number of benzene rings is 2. The van der Waals surface area contributed by atoms with Crippen molar-refractivity contribution in [3.63, 3.8) is 0 Å². The van der Waals surface area contributed by atoms with Crippen molar-refractivity contribution in [2.45, 2.75) is 6.42 Å². The molecule has 0 aliphatic heterocycles. The fourth-order valence-electron chi connectivity index (χ4n) is 2.93. The van der Waals surface area contributed by atoms with E-state index < -0.39 is 0 Å². The topological polar surface area (TPSA) is 65.8 Å². The van der Waals surface area contributed by atoms with Crippen molar-refractivity contribution in [3.05, 3.63) is 84.2 Å². The van der Waals surface area contributed by atoms with Gasteiger partial charge in [0.25, 0.3) is 0 Å². The summed E-state index contributed by atoms with van der Waals surface area (Å²) in [6, 6.07) is 21.8. The monoisotopic (exact) mass is 369 g/mol. The number of hydrogen-bond acceptors (Lipinski definition) is 4. The van der Waals surface area contributed by atoms with E-state index in [1.54, 1.807) is 18.5 Å². The van der Waals surface area contributed by atoms with Crippen LogP contribution in [0.3, 0.4) is 0 Å². The number of aromatic nitrogens is 1. The maximum Gasteiger partial charge on any atom is 0.229 e. The molecule has 1 N–H and O–H groups in total. The van der Waals surface area contributed by atoms with Crippen molar-refractivity contribution < 1.29 is 4.79 Å². The van der Waals surface area contributed by atoms with Crippen LogP contribution in [0.1, 0.15) is 11.1 Å². The Kier molecular flexibility index (Phi) is 4.65. The number of thiophene rings is 1. The molecule has 4 rings (SSSR count). The van der Waals surface area contributed by atoms with Gasteiger partial charge in [0.15, 0.2) is 0 Å². The highest BCUT2D eigenvalue weighted by atomic mass is 32.1. The van der Waals surface area contributed by atoms with Gasteiger partial charge in [-0.2, -0.15) is 5.26 Å². The normalized spacial score (nSPS) is 10.5. The largest absolute Gasteiger partial charge is 0.316 e. The standard InChI is InChI=1S/C22H15N3OS/c23-14-19-13-20(17-7-9-24-10-8-17)27-22(19)25-21(26)12-15-5-6-16-3-1-2-4-18(16)11-15/h1-11,13H,12H2,(H,25,26). The van der Waals surface area contributed by atoms with Gasteiger partial charge < -0.3 is 5.32 Å². The van der Waals surface area contributed by atoms with Gasteiger partial charge in [-0.15, -0.1) is 11.3 Å². The molecular weight excluding hydrogens is 354 g/mol. The third-order valence-corrected chi connectivity index (χ3v) is 5.35. The van der Waals surface area contributed by atoms with Gasteiger partial charge in [-0.1, -0.05) is 42.5 Å². The van der Waals surface area contributed by atoms with Gasteiger partial charge in [0.1, 0.15) is 11.1 Å². The number of nitrogens with one attached hydrogen (secondary N) is 1. The van der Waals surface area contributed by atoms with Crippen molar-refractivity contribution in [1.29, 1.82) is 5.26 Å². The fraction of sp³-hybridized carbons (Fsp3) is 0.0455. The highest BCUT2D eigenvalue weighted by Crippen LogP contribution is 2.34. The molecule has 2 heterocycles. The Hall–Kier alpha value is -3.49. The summed E-state index contributed by atoms with van der Waals surface area (Å²) in [5.74, 6) is -0.134. The highest BCUT2D eigenvalue weighted by molar-refractivity contribution is 7.19. The van der Waals surface area contributed by atoms with Gasteiger partial charge in [-0.3, -0.25) is 9.78 Å².